The number of carbonyl (C=O) groups is 6. The van der Waals surface area contributed by atoms with Crippen molar-refractivity contribution in [2.45, 2.75) is 191 Å². The van der Waals surface area contributed by atoms with Gasteiger partial charge in [0.05, 0.1) is 70.4 Å². The first kappa shape index (κ1) is 95.6. The molecule has 4 aliphatic heterocycles. The van der Waals surface area contributed by atoms with E-state index in [9.17, 15) is 96.8 Å². The summed E-state index contributed by atoms with van der Waals surface area (Å²) in [5.41, 5.74) is -6.62. The van der Waals surface area contributed by atoms with Gasteiger partial charge in [0.15, 0.2) is 5.67 Å². The number of aryl methyl sites for hydroxylation is 3. The Morgan fingerprint density at radius 3 is 1.19 bits per heavy atom. The molecule has 0 radical (unpaired) electrons. The third-order valence-electron chi connectivity index (χ3n) is 22.6. The van der Waals surface area contributed by atoms with Crippen LogP contribution >= 0.6 is 0 Å². The van der Waals surface area contributed by atoms with E-state index < -0.39 is 164 Å². The summed E-state index contributed by atoms with van der Waals surface area (Å²) >= 11 is 0. The summed E-state index contributed by atoms with van der Waals surface area (Å²) in [5.74, 6) is -28.3. The first-order valence-corrected chi connectivity index (χ1v) is 40.1. The molecular formula is C90H94F16N10O9. The van der Waals surface area contributed by atoms with Gasteiger partial charge >= 0.3 is 23.7 Å². The molecule has 7 aromatic carbocycles. The number of alkyl halides is 9. The Labute approximate surface area is 709 Å². The topological polar surface area (TPSA) is 251 Å². The molecule has 8 aromatic rings. The summed E-state index contributed by atoms with van der Waals surface area (Å²) < 4.78 is 234. The largest absolute Gasteiger partial charge is 0.393 e. The molecule has 8 N–H and O–H groups in total. The van der Waals surface area contributed by atoms with Crippen molar-refractivity contribution in [1.29, 1.82) is 0 Å². The normalized spacial score (nSPS) is 19.7. The molecule has 1 aromatic heterocycles. The van der Waals surface area contributed by atoms with Gasteiger partial charge in [0.1, 0.15) is 40.7 Å². The van der Waals surface area contributed by atoms with Crippen LogP contribution in [0.15, 0.2) is 164 Å². The van der Waals surface area contributed by atoms with Crippen LogP contribution in [0.1, 0.15) is 185 Å². The van der Waals surface area contributed by atoms with Gasteiger partial charge in [0, 0.05) is 89.3 Å². The number of anilines is 4. The molecule has 35 heteroatoms. The molecule has 4 atom stereocenters. The maximum Gasteiger partial charge on any atom is 0.352 e. The average molecular weight is 1760 g/mol. The van der Waals surface area contributed by atoms with E-state index in [1.165, 1.54) is 79.2 Å². The standard InChI is InChI=1S/C24H24F4N2O2.C23H24F4N2O2.C22H21F5N2O3.C21H25F3N4O2/c1-13-9-16(4-8-21(13)25)29-23(32)15-3-7-22(26)20(10-15)24(27,28)14(2)30-17-5-6-18(30)12-19(31)11-17;1-13-3-6-16(7-4-13)29-22(31)23(26,27)18-12-15(5-9-20(18)25)21(30)28-17-8-10-19(24)14(2)11-17;1-12-9-14(4-6-16(12)23)28-19(31)13-3-5-17(24)15(10-13)22(26,27)20(32)29-8-7-18(30)21(2,25)11-29;1-13(2)28-12-16(11-25-28)26-20(30)15-4-5-19(22)18(10-15)21(23,24)14(3)27-8-6-17(29)7-9-27/h3-4,7-10,17-19,31H,2,5-6,11-12H2,1H3,(H,29,32);5,8-13,16H,3-4,6-7H2,1-2H3,(H,28,30)(H,29,31);3-6,9-10,18,30H,7-8,11H2,1-2H3,(H,28,31);4-5,10-13,17,29H,3,6-9H2,1-2H3,(H,26,30). The highest BCUT2D eigenvalue weighted by molar-refractivity contribution is 6.07. The molecule has 4 saturated heterocycles. The Morgan fingerprint density at radius 2 is 0.816 bits per heavy atom. The summed E-state index contributed by atoms with van der Waals surface area (Å²) in [4.78, 5) is 78.1. The van der Waals surface area contributed by atoms with Crippen molar-refractivity contribution in [2.75, 3.05) is 47.4 Å². The van der Waals surface area contributed by atoms with Gasteiger partial charge < -0.3 is 56.6 Å². The number of aliphatic hydroxyl groups excluding tert-OH is 3. The fraction of sp³-hybridized carbons (Fsp3) is 0.389. The number of benzene rings is 7. The molecule has 1 saturated carbocycles. The van der Waals surface area contributed by atoms with Crippen molar-refractivity contribution in [1.82, 2.24) is 29.8 Å². The molecule has 5 fully saturated rings. The first-order valence-electron chi connectivity index (χ1n) is 40.1. The number of nitrogens with zero attached hydrogens (tertiary/aromatic N) is 5. The summed E-state index contributed by atoms with van der Waals surface area (Å²) in [6.45, 7) is 17.7. The van der Waals surface area contributed by atoms with Crippen LogP contribution in [0, 0.1) is 67.4 Å². The number of likely N-dealkylation sites (tertiary alicyclic amines) is 2. The van der Waals surface area contributed by atoms with E-state index in [4.69, 9.17) is 0 Å². The van der Waals surface area contributed by atoms with Crippen LogP contribution in [-0.4, -0.2) is 144 Å². The zero-order valence-electron chi connectivity index (χ0n) is 69.0. The van der Waals surface area contributed by atoms with Crippen molar-refractivity contribution in [2.24, 2.45) is 5.92 Å². The van der Waals surface area contributed by atoms with Crippen LogP contribution < -0.4 is 26.6 Å². The molecule has 19 nitrogen and oxygen atoms in total. The summed E-state index contributed by atoms with van der Waals surface area (Å²) in [5, 5.41) is 45.5. The van der Waals surface area contributed by atoms with Crippen LogP contribution in [0.25, 0.3) is 0 Å². The number of aromatic nitrogens is 2. The third-order valence-corrected chi connectivity index (χ3v) is 22.6. The fourth-order valence-corrected chi connectivity index (χ4v) is 15.1. The van der Waals surface area contributed by atoms with Gasteiger partial charge in [0.25, 0.3) is 35.4 Å². The van der Waals surface area contributed by atoms with E-state index in [2.05, 4.69) is 51.8 Å². The van der Waals surface area contributed by atoms with Crippen molar-refractivity contribution in [3.8, 4) is 0 Å². The number of hydrogen-bond acceptors (Lipinski definition) is 12. The maximum absolute atomic E-state index is 15.4. The molecule has 125 heavy (non-hydrogen) atoms. The van der Waals surface area contributed by atoms with E-state index in [1.807, 2.05) is 13.8 Å². The average Bonchev–Trinajstić information content (AvgIpc) is 1.64. The monoisotopic (exact) mass is 1760 g/mol. The molecule has 4 unspecified atom stereocenters. The smallest absolute Gasteiger partial charge is 0.352 e. The van der Waals surface area contributed by atoms with Gasteiger partial charge in [-0.25, -0.2) is 35.1 Å². The molecule has 5 heterocycles. The zero-order chi connectivity index (χ0) is 91.9. The number of hydrogen-bond donors (Lipinski definition) is 8. The van der Waals surface area contributed by atoms with Crippen molar-refractivity contribution in [3.05, 3.63) is 266 Å². The second-order valence-corrected chi connectivity index (χ2v) is 32.4. The molecule has 1 aliphatic carbocycles. The Bertz CT molecular complexity index is 5330. The zero-order valence-corrected chi connectivity index (χ0v) is 69.0. The van der Waals surface area contributed by atoms with Crippen LogP contribution in [0.4, 0.5) is 93.0 Å². The van der Waals surface area contributed by atoms with Crippen LogP contribution in [0.2, 0.25) is 0 Å². The molecule has 5 aliphatic rings. The number of allylic oxidation sites excluding steroid dienone is 2. The Hall–Kier alpha value is -11.6. The molecule has 13 rings (SSSR count). The van der Waals surface area contributed by atoms with Gasteiger partial charge in [-0.1, -0.05) is 20.1 Å². The number of amides is 6. The van der Waals surface area contributed by atoms with Crippen molar-refractivity contribution < 1.29 is 114 Å². The van der Waals surface area contributed by atoms with E-state index in [0.29, 0.717) is 97.3 Å². The summed E-state index contributed by atoms with van der Waals surface area (Å²) in [7, 11) is 0. The van der Waals surface area contributed by atoms with Crippen molar-refractivity contribution >= 4 is 58.2 Å². The number of halogens is 16. The van der Waals surface area contributed by atoms with E-state index in [-0.39, 0.29) is 95.0 Å². The number of nitrogens with one attached hydrogen (secondary N) is 5. The molecule has 670 valence electrons. The molecule has 2 bridgehead atoms. The first-order chi connectivity index (χ1) is 58.6. The quantitative estimate of drug-likeness (QED) is 0.0332. The highest BCUT2D eigenvalue weighted by Gasteiger charge is 2.53. The van der Waals surface area contributed by atoms with E-state index in [1.54, 1.807) is 10.9 Å². The number of piperidine rings is 3. The predicted octanol–water partition coefficient (Wildman–Crippen LogP) is 18.3. The number of fused-ring (bicyclic) bond motifs is 2. The van der Waals surface area contributed by atoms with Gasteiger partial charge in [-0.2, -0.15) is 40.2 Å². The molecule has 6 amide bonds. The fourth-order valence-electron chi connectivity index (χ4n) is 15.1. The lowest BCUT2D eigenvalue weighted by Crippen LogP contribution is -2.56. The van der Waals surface area contributed by atoms with Crippen molar-refractivity contribution in [3.63, 3.8) is 0 Å². The number of aliphatic hydroxyl groups is 3. The lowest BCUT2D eigenvalue weighted by Gasteiger charge is -2.42. The molecular weight excluding hydrogens is 1670 g/mol. The highest BCUT2D eigenvalue weighted by atomic mass is 19.3. The van der Waals surface area contributed by atoms with Gasteiger partial charge in [-0.15, -0.1) is 0 Å². The van der Waals surface area contributed by atoms with Crippen LogP contribution in [0.3, 0.4) is 0 Å². The van der Waals surface area contributed by atoms with Gasteiger partial charge in [0.2, 0.25) is 0 Å². The summed E-state index contributed by atoms with van der Waals surface area (Å²) in [6.07, 6.45) is 5.89. The minimum Gasteiger partial charge on any atom is -0.393 e. The minimum atomic E-state index is -4.38. The lowest BCUT2D eigenvalue weighted by atomic mass is 9.87. The summed E-state index contributed by atoms with van der Waals surface area (Å²) in [6, 6.07) is 20.9. The van der Waals surface area contributed by atoms with Crippen LogP contribution in [-0.2, 0) is 33.3 Å². The number of rotatable bonds is 20. The Kier molecular flexibility index (Phi) is 30.1. The van der Waals surface area contributed by atoms with Gasteiger partial charge in [-0.05, 0) is 262 Å². The third kappa shape index (κ3) is 22.8. The van der Waals surface area contributed by atoms with Gasteiger partial charge in [-0.3, -0.25) is 33.4 Å². The van der Waals surface area contributed by atoms with Crippen LogP contribution in [0.5, 0.6) is 0 Å². The maximum atomic E-state index is 15.4. The number of carbonyl (C=O) groups excluding carboxylic acids is 6. The second-order valence-electron chi connectivity index (χ2n) is 32.4. The lowest BCUT2D eigenvalue weighted by molar-refractivity contribution is -0.167. The highest BCUT2D eigenvalue weighted by Crippen LogP contribution is 2.48. The second kappa shape index (κ2) is 39.3. The Morgan fingerprint density at radius 1 is 0.456 bits per heavy atom. The van der Waals surface area contributed by atoms with E-state index in [0.717, 1.165) is 86.5 Å². The molecule has 0 spiro atoms. The van der Waals surface area contributed by atoms with E-state index >= 15 is 17.6 Å². The Balaban J connectivity index is 0.000000174. The predicted molar refractivity (Wildman–Crippen MR) is 434 cm³/mol. The SMILES string of the molecule is C=C(N1C2CCC1CC(O)C2)C(F)(F)c1cc(C(=O)Nc2ccc(F)c(C)c2)ccc1F.C=C(N1CCC(O)CC1)C(F)(F)c1cc(C(=O)Nc2cnn(C(C)C)c2)ccc1F.Cc1cc(NC(=O)c2ccc(F)c(C(F)(F)C(=O)N3CCC(O)C(C)(F)C3)c2)ccc1F.Cc1cc(NC(=O)c2ccc(F)c(C(F)(F)C(=O)NC3CCC(C)CC3)c2)ccc1F. The minimum absolute atomic E-state index is 0.0914.